The van der Waals surface area contributed by atoms with E-state index in [0.717, 1.165) is 24.6 Å². The van der Waals surface area contributed by atoms with Crippen molar-refractivity contribution in [2.24, 2.45) is 0 Å². The average molecular weight is 284 g/mol. The molecular weight excluding hydrogens is 276 g/mol. The van der Waals surface area contributed by atoms with Crippen LogP contribution in [0, 0.1) is 10.1 Å². The number of nitrogen functional groups attached to an aromatic ring is 1. The van der Waals surface area contributed by atoms with Crippen molar-refractivity contribution in [1.29, 1.82) is 0 Å². The van der Waals surface area contributed by atoms with E-state index in [2.05, 4.69) is 14.4 Å². The smallest absolute Gasteiger partial charge is 0.291 e. The normalized spacial score (nSPS) is 11.2. The van der Waals surface area contributed by atoms with Crippen molar-refractivity contribution in [1.82, 2.24) is 5.16 Å². The molecule has 0 fully saturated rings. The summed E-state index contributed by atoms with van der Waals surface area (Å²) in [5, 5.41) is 14.2. The fraction of sp³-hybridized carbons (Fsp3) is 0. The molecule has 100 valence electrons. The van der Waals surface area contributed by atoms with E-state index in [1.807, 2.05) is 0 Å². The van der Waals surface area contributed by atoms with E-state index in [9.17, 15) is 18.5 Å². The van der Waals surface area contributed by atoms with Gasteiger partial charge in [-0.1, -0.05) is 5.16 Å². The molecule has 0 aliphatic rings. The third-order valence-electron chi connectivity index (χ3n) is 2.15. The first-order chi connectivity index (χ1) is 8.90. The van der Waals surface area contributed by atoms with Crippen molar-refractivity contribution < 1.29 is 17.9 Å². The lowest BCUT2D eigenvalue weighted by Gasteiger charge is -2.06. The van der Waals surface area contributed by atoms with Gasteiger partial charge in [0, 0.05) is 11.8 Å². The highest BCUT2D eigenvalue weighted by Gasteiger charge is 2.26. The van der Waals surface area contributed by atoms with Crippen molar-refractivity contribution in [2.45, 2.75) is 4.90 Å². The first-order valence-electron chi connectivity index (χ1n) is 4.86. The fourth-order valence-corrected chi connectivity index (χ4v) is 2.55. The summed E-state index contributed by atoms with van der Waals surface area (Å²) < 4.78 is 30.6. The minimum Gasteiger partial charge on any atom is -0.399 e. The average Bonchev–Trinajstić information content (AvgIpc) is 2.80. The van der Waals surface area contributed by atoms with Gasteiger partial charge in [-0.3, -0.25) is 14.8 Å². The molecule has 0 atom stereocenters. The number of aromatic nitrogens is 1. The minimum absolute atomic E-state index is 0.0612. The summed E-state index contributed by atoms with van der Waals surface area (Å²) in [5.74, 6) is 0. The van der Waals surface area contributed by atoms with E-state index >= 15 is 0 Å². The van der Waals surface area contributed by atoms with E-state index in [4.69, 9.17) is 5.73 Å². The van der Waals surface area contributed by atoms with Crippen molar-refractivity contribution in [3.05, 3.63) is 40.8 Å². The van der Waals surface area contributed by atoms with E-state index in [1.54, 1.807) is 0 Å². The topological polar surface area (TPSA) is 141 Å². The maximum Gasteiger partial charge on any atom is 0.291 e. The largest absolute Gasteiger partial charge is 0.399 e. The summed E-state index contributed by atoms with van der Waals surface area (Å²) in [7, 11) is -4.12. The van der Waals surface area contributed by atoms with Crippen LogP contribution >= 0.6 is 0 Å². The zero-order valence-corrected chi connectivity index (χ0v) is 10.1. The van der Waals surface area contributed by atoms with Crippen molar-refractivity contribution in [3.8, 4) is 0 Å². The second-order valence-corrected chi connectivity index (χ2v) is 5.15. The molecule has 10 heteroatoms. The Morgan fingerprint density at radius 1 is 1.42 bits per heavy atom. The maximum atomic E-state index is 12.0. The number of nitrogens with zero attached hydrogens (tertiary/aromatic N) is 2. The van der Waals surface area contributed by atoms with Crippen molar-refractivity contribution >= 4 is 27.1 Å². The van der Waals surface area contributed by atoms with Crippen LogP contribution in [0.4, 0.5) is 17.1 Å². The molecule has 0 aliphatic carbocycles. The number of nitrogens with one attached hydrogen (secondary N) is 1. The number of hydrogen-bond acceptors (Lipinski definition) is 7. The van der Waals surface area contributed by atoms with Gasteiger partial charge < -0.3 is 10.3 Å². The Hall–Kier alpha value is -2.62. The summed E-state index contributed by atoms with van der Waals surface area (Å²) in [6, 6.07) is 3.29. The van der Waals surface area contributed by atoms with Crippen molar-refractivity contribution in [2.75, 3.05) is 10.5 Å². The molecule has 0 amide bonds. The predicted octanol–water partition coefficient (Wildman–Crippen LogP) is 0.966. The molecule has 0 saturated carbocycles. The molecule has 1 heterocycles. The van der Waals surface area contributed by atoms with Gasteiger partial charge in [0.1, 0.15) is 12.0 Å². The van der Waals surface area contributed by atoms with Gasteiger partial charge in [-0.2, -0.15) is 0 Å². The Bertz CT molecular complexity index is 710. The number of anilines is 2. The lowest BCUT2D eigenvalue weighted by molar-refractivity contribution is -0.387. The quantitative estimate of drug-likeness (QED) is 0.483. The van der Waals surface area contributed by atoms with Gasteiger partial charge in [-0.25, -0.2) is 8.42 Å². The SMILES string of the molecule is Nc1ccc(S(=O)(=O)Nc2cnoc2)c([N+](=O)[O-])c1. The highest BCUT2D eigenvalue weighted by atomic mass is 32.2. The molecule has 19 heavy (non-hydrogen) atoms. The summed E-state index contributed by atoms with van der Waals surface area (Å²) in [5.41, 5.74) is 4.95. The van der Waals surface area contributed by atoms with Crippen LogP contribution in [0.2, 0.25) is 0 Å². The number of benzene rings is 1. The van der Waals surface area contributed by atoms with E-state index in [-0.39, 0.29) is 11.4 Å². The van der Waals surface area contributed by atoms with Gasteiger partial charge in [0.15, 0.2) is 4.90 Å². The summed E-state index contributed by atoms with van der Waals surface area (Å²) >= 11 is 0. The molecule has 9 nitrogen and oxygen atoms in total. The zero-order valence-electron chi connectivity index (χ0n) is 9.31. The van der Waals surface area contributed by atoms with Crippen LogP contribution in [0.1, 0.15) is 0 Å². The van der Waals surface area contributed by atoms with Gasteiger partial charge in [-0.15, -0.1) is 0 Å². The second kappa shape index (κ2) is 4.57. The van der Waals surface area contributed by atoms with Gasteiger partial charge >= 0.3 is 0 Å². The highest BCUT2D eigenvalue weighted by molar-refractivity contribution is 7.92. The lowest BCUT2D eigenvalue weighted by atomic mass is 10.3. The standard InChI is InChI=1S/C9H8N4O5S/c10-6-1-2-9(8(3-6)13(14)15)19(16,17)12-7-4-11-18-5-7/h1-5,12H,10H2. The van der Waals surface area contributed by atoms with Gasteiger partial charge in [-0.05, 0) is 12.1 Å². The van der Waals surface area contributed by atoms with Crippen LogP contribution < -0.4 is 10.5 Å². The van der Waals surface area contributed by atoms with Crippen LogP contribution in [0.3, 0.4) is 0 Å². The molecule has 0 saturated heterocycles. The van der Waals surface area contributed by atoms with Gasteiger partial charge in [0.05, 0.1) is 11.1 Å². The fourth-order valence-electron chi connectivity index (χ4n) is 1.37. The third-order valence-corrected chi connectivity index (χ3v) is 3.58. The lowest BCUT2D eigenvalue weighted by Crippen LogP contribution is -2.14. The molecule has 0 radical (unpaired) electrons. The number of nitro groups is 1. The number of hydrogen-bond donors (Lipinski definition) is 2. The van der Waals surface area contributed by atoms with Crippen LogP contribution in [-0.2, 0) is 10.0 Å². The predicted molar refractivity (Wildman–Crippen MR) is 64.8 cm³/mol. The summed E-state index contributed by atoms with van der Waals surface area (Å²) in [6.45, 7) is 0. The number of nitro benzene ring substituents is 1. The van der Waals surface area contributed by atoms with Crippen LogP contribution in [0.15, 0.2) is 40.1 Å². The molecule has 2 aromatic rings. The first kappa shape index (κ1) is 12.8. The number of rotatable bonds is 4. The maximum absolute atomic E-state index is 12.0. The molecule has 3 N–H and O–H groups in total. The summed E-state index contributed by atoms with van der Waals surface area (Å²) in [6.07, 6.45) is 2.18. The Balaban J connectivity index is 2.49. The zero-order chi connectivity index (χ0) is 14.0. The van der Waals surface area contributed by atoms with Crippen LogP contribution in [0.5, 0.6) is 0 Å². The van der Waals surface area contributed by atoms with Crippen LogP contribution in [-0.4, -0.2) is 18.5 Å². The van der Waals surface area contributed by atoms with E-state index in [0.29, 0.717) is 0 Å². The molecule has 1 aromatic carbocycles. The molecular formula is C9H8N4O5S. The monoisotopic (exact) mass is 284 g/mol. The molecule has 2 rings (SSSR count). The van der Waals surface area contributed by atoms with E-state index in [1.165, 1.54) is 6.07 Å². The van der Waals surface area contributed by atoms with E-state index < -0.39 is 25.5 Å². The Kier molecular flexibility index (Phi) is 3.09. The molecule has 0 bridgehead atoms. The van der Waals surface area contributed by atoms with Crippen LogP contribution in [0.25, 0.3) is 0 Å². The molecule has 1 aromatic heterocycles. The molecule has 0 unspecified atom stereocenters. The Morgan fingerprint density at radius 2 is 2.16 bits per heavy atom. The third kappa shape index (κ3) is 2.63. The summed E-state index contributed by atoms with van der Waals surface area (Å²) in [4.78, 5) is 9.54. The Morgan fingerprint density at radius 3 is 2.74 bits per heavy atom. The van der Waals surface area contributed by atoms with Gasteiger partial charge in [0.2, 0.25) is 0 Å². The number of sulfonamides is 1. The minimum atomic E-state index is -4.12. The molecule has 0 aliphatic heterocycles. The number of nitrogens with two attached hydrogens (primary N) is 1. The highest BCUT2D eigenvalue weighted by Crippen LogP contribution is 2.27. The Labute approximate surface area is 107 Å². The first-order valence-corrected chi connectivity index (χ1v) is 6.34. The molecule has 0 spiro atoms. The second-order valence-electron chi connectivity index (χ2n) is 3.50. The van der Waals surface area contributed by atoms with Crippen molar-refractivity contribution in [3.63, 3.8) is 0 Å². The van der Waals surface area contributed by atoms with Gasteiger partial charge in [0.25, 0.3) is 15.7 Å².